The molecule has 0 saturated heterocycles. The van der Waals surface area contributed by atoms with Crippen LogP contribution in [0.2, 0.25) is 0 Å². The molecule has 0 saturated carbocycles. The zero-order valence-corrected chi connectivity index (χ0v) is 12.7. The van der Waals surface area contributed by atoms with Gasteiger partial charge < -0.3 is 9.69 Å². The van der Waals surface area contributed by atoms with Crippen LogP contribution in [0.25, 0.3) is 0 Å². The van der Waals surface area contributed by atoms with Crippen molar-refractivity contribution in [2.75, 3.05) is 19.6 Å². The van der Waals surface area contributed by atoms with Crippen molar-refractivity contribution < 1.29 is 34.8 Å². The standard InChI is InChI=1S/C7H14NO.C5H8O2.Pd/c1-3-8(4-2)6-5-7-9;1-4(6)3-5(2)7;/h3-6H2,1-2H3;3H2,1-2H3;/q-1;;/p+2. The van der Waals surface area contributed by atoms with Gasteiger partial charge in [-0.3, -0.25) is 15.9 Å². The second-order valence-electron chi connectivity index (χ2n) is 3.57. The van der Waals surface area contributed by atoms with Gasteiger partial charge in [0.1, 0.15) is 0 Å². The predicted octanol–water partition coefficient (Wildman–Crippen LogP) is 1.33. The van der Waals surface area contributed by atoms with E-state index in [1.54, 1.807) is 13.8 Å². The monoisotopic (exact) mass is 336 g/mol. The van der Waals surface area contributed by atoms with Crippen molar-refractivity contribution in [1.82, 2.24) is 4.90 Å². The van der Waals surface area contributed by atoms with E-state index in [9.17, 15) is 4.79 Å². The molecule has 4 nitrogen and oxygen atoms in total. The van der Waals surface area contributed by atoms with Crippen LogP contribution in [0.3, 0.4) is 0 Å². The molecule has 0 aromatic carbocycles. The minimum Gasteiger partial charge on any atom is -0.542 e. The van der Waals surface area contributed by atoms with Crippen molar-refractivity contribution in [3.8, 4) is 0 Å². The van der Waals surface area contributed by atoms with Crippen LogP contribution in [0.15, 0.2) is 0 Å². The Morgan fingerprint density at radius 3 is 1.71 bits per heavy atom. The topological polar surface area (TPSA) is 63.1 Å². The number of hydrogen-bond acceptors (Lipinski definition) is 2. The summed E-state index contributed by atoms with van der Waals surface area (Å²) in [5.41, 5.74) is 0. The van der Waals surface area contributed by atoms with Crippen molar-refractivity contribution in [1.29, 1.82) is 0 Å². The molecule has 0 heterocycles. The van der Waals surface area contributed by atoms with E-state index in [1.165, 1.54) is 0 Å². The van der Waals surface area contributed by atoms with Crippen molar-refractivity contribution in [2.24, 2.45) is 0 Å². The molecule has 0 aliphatic rings. The quantitative estimate of drug-likeness (QED) is 0.305. The largest absolute Gasteiger partial charge is 0.542 e. The Morgan fingerprint density at radius 2 is 1.53 bits per heavy atom. The number of nitrogens with zero attached hydrogens (tertiary/aromatic N) is 1. The molecule has 0 unspecified atom stereocenters. The van der Waals surface area contributed by atoms with Gasteiger partial charge in [0.15, 0.2) is 6.42 Å². The Kier molecular flexibility index (Phi) is 20.1. The van der Waals surface area contributed by atoms with Gasteiger partial charge in [-0.15, -0.1) is 6.42 Å². The summed E-state index contributed by atoms with van der Waals surface area (Å²) >= 11 is 0. The van der Waals surface area contributed by atoms with E-state index >= 15 is 0 Å². The van der Waals surface area contributed by atoms with Gasteiger partial charge in [0.2, 0.25) is 0 Å². The van der Waals surface area contributed by atoms with Gasteiger partial charge >= 0.3 is 11.6 Å². The summed E-state index contributed by atoms with van der Waals surface area (Å²) in [7, 11) is 0. The smallest absolute Gasteiger partial charge is 0.302 e. The molecule has 2 N–H and O–H groups in total. The summed E-state index contributed by atoms with van der Waals surface area (Å²) in [6, 6.07) is 0. The van der Waals surface area contributed by atoms with Crippen LogP contribution in [0.1, 0.15) is 40.5 Å². The van der Waals surface area contributed by atoms with Crippen molar-refractivity contribution in [3.05, 3.63) is 0 Å². The molecule has 17 heavy (non-hydrogen) atoms. The first kappa shape index (κ1) is 21.9. The maximum atomic E-state index is 9.79. The van der Waals surface area contributed by atoms with Crippen molar-refractivity contribution in [2.45, 2.75) is 40.5 Å². The SMILES string of the molecule is CC(=[OH+])CC(C)=[OH+].CCN(CC)CC[C-]=O.[Pd]. The zero-order chi connectivity index (χ0) is 13.0. The summed E-state index contributed by atoms with van der Waals surface area (Å²) < 4.78 is 0. The molecule has 0 spiro atoms. The first-order valence-electron chi connectivity index (χ1n) is 5.57. The fourth-order valence-corrected chi connectivity index (χ4v) is 1.11. The molecule has 0 radical (unpaired) electrons. The van der Waals surface area contributed by atoms with Gasteiger partial charge in [0.05, 0.1) is 0 Å². The molecule has 0 amide bonds. The predicted molar refractivity (Wildman–Crippen MR) is 67.9 cm³/mol. The Bertz CT molecular complexity index is 204. The summed E-state index contributed by atoms with van der Waals surface area (Å²) in [6.45, 7) is 10.2. The maximum absolute atomic E-state index is 9.79. The number of rotatable bonds is 7. The van der Waals surface area contributed by atoms with Crippen LogP contribution in [-0.4, -0.2) is 52.0 Å². The minimum atomic E-state index is 0. The average Bonchev–Trinajstić information content (AvgIpc) is 2.18. The van der Waals surface area contributed by atoms with E-state index in [-0.39, 0.29) is 32.0 Å². The first-order chi connectivity index (χ1) is 7.47. The molecule has 0 aliphatic heterocycles. The molecule has 104 valence electrons. The molecule has 0 bridgehead atoms. The number of hydrogen-bond donors (Lipinski definition) is 0. The second-order valence-corrected chi connectivity index (χ2v) is 3.57. The van der Waals surface area contributed by atoms with E-state index in [4.69, 9.17) is 9.59 Å². The first-order valence-corrected chi connectivity index (χ1v) is 5.57. The van der Waals surface area contributed by atoms with Crippen LogP contribution in [0.5, 0.6) is 0 Å². The zero-order valence-electron chi connectivity index (χ0n) is 11.1. The van der Waals surface area contributed by atoms with Gasteiger partial charge in [-0.05, 0) is 19.6 Å². The number of carbonyl (C=O) groups excluding carboxylic acids is 3. The summed E-state index contributed by atoms with van der Waals surface area (Å²) in [6.07, 6.45) is 2.72. The van der Waals surface area contributed by atoms with E-state index in [0.717, 1.165) is 19.6 Å². The van der Waals surface area contributed by atoms with Crippen LogP contribution in [-0.2, 0) is 25.2 Å². The summed E-state index contributed by atoms with van der Waals surface area (Å²) in [4.78, 5) is 28.9. The van der Waals surface area contributed by atoms with Gasteiger partial charge in [-0.1, -0.05) is 13.8 Å². The van der Waals surface area contributed by atoms with E-state index in [2.05, 4.69) is 18.7 Å². The fourth-order valence-electron chi connectivity index (χ4n) is 1.11. The molecule has 0 rings (SSSR count). The van der Waals surface area contributed by atoms with E-state index in [1.807, 2.05) is 6.29 Å². The molecule has 0 atom stereocenters. The normalized spacial score (nSPS) is 8.76. The molecule has 0 fully saturated rings. The van der Waals surface area contributed by atoms with Gasteiger partial charge in [-0.2, -0.15) is 0 Å². The Balaban J connectivity index is -0.000000224. The molecule has 0 aromatic rings. The molecule has 0 aliphatic carbocycles. The fraction of sp³-hybridized carbons (Fsp3) is 0.750. The minimum absolute atomic E-state index is 0. The average molecular weight is 337 g/mol. The van der Waals surface area contributed by atoms with Crippen LogP contribution < -0.4 is 0 Å². The third kappa shape index (κ3) is 21.5. The summed E-state index contributed by atoms with van der Waals surface area (Å²) in [5, 5.41) is 0. The van der Waals surface area contributed by atoms with Crippen molar-refractivity contribution >= 4 is 17.9 Å². The maximum Gasteiger partial charge on any atom is 0.302 e. The Morgan fingerprint density at radius 1 is 1.12 bits per heavy atom. The second kappa shape index (κ2) is 15.6. The molecule has 0 aromatic heterocycles. The van der Waals surface area contributed by atoms with E-state index < -0.39 is 0 Å². The molecule has 5 heteroatoms. The Labute approximate surface area is 118 Å². The van der Waals surface area contributed by atoms with Crippen LogP contribution in [0.4, 0.5) is 0 Å². The molecular weight excluding hydrogens is 313 g/mol. The van der Waals surface area contributed by atoms with Gasteiger partial charge in [-0.25, -0.2) is 0 Å². The van der Waals surface area contributed by atoms with Crippen LogP contribution >= 0.6 is 0 Å². The molecular formula is C12H24NO3Pd+. The van der Waals surface area contributed by atoms with Gasteiger partial charge in [0.25, 0.3) is 0 Å². The third-order valence-electron chi connectivity index (χ3n) is 1.94. The number of ketones is 2. The summed E-state index contributed by atoms with van der Waals surface area (Å²) in [5.74, 6) is 0.500. The van der Waals surface area contributed by atoms with Crippen LogP contribution in [0, 0.1) is 0 Å². The Hall–Kier alpha value is -0.368. The third-order valence-corrected chi connectivity index (χ3v) is 1.94. The van der Waals surface area contributed by atoms with Gasteiger partial charge in [0, 0.05) is 34.3 Å². The van der Waals surface area contributed by atoms with E-state index in [0.29, 0.717) is 12.8 Å². The van der Waals surface area contributed by atoms with Crippen molar-refractivity contribution in [3.63, 3.8) is 0 Å².